The molecule has 2 heterocycles. The van der Waals surface area contributed by atoms with Gasteiger partial charge >= 0.3 is 5.97 Å². The zero-order valence-corrected chi connectivity index (χ0v) is 21.5. The first-order valence-corrected chi connectivity index (χ1v) is 12.6. The number of hydrogen-bond donors (Lipinski definition) is 1. The van der Waals surface area contributed by atoms with Crippen LogP contribution in [0.5, 0.6) is 11.5 Å². The van der Waals surface area contributed by atoms with Gasteiger partial charge in [-0.05, 0) is 50.6 Å². The van der Waals surface area contributed by atoms with Gasteiger partial charge in [-0.25, -0.2) is 9.79 Å². The molecule has 1 aromatic heterocycles. The second-order valence-electron chi connectivity index (χ2n) is 8.10. The topological polar surface area (TPSA) is 122 Å². The minimum atomic E-state index is -0.759. The predicted octanol–water partition coefficient (Wildman–Crippen LogP) is 2.06. The van der Waals surface area contributed by atoms with Gasteiger partial charge in [0.05, 0.1) is 29.0 Å². The molecule has 1 amide bonds. The molecule has 3 aromatic rings. The molecule has 2 N–H and O–H groups in total. The summed E-state index contributed by atoms with van der Waals surface area (Å²) in [5, 5.41) is 0. The number of fused-ring (bicyclic) bond motifs is 1. The predicted molar refractivity (Wildman–Crippen MR) is 139 cm³/mol. The van der Waals surface area contributed by atoms with Crippen molar-refractivity contribution < 1.29 is 23.8 Å². The Morgan fingerprint density at radius 3 is 2.49 bits per heavy atom. The Labute approximate surface area is 217 Å². The summed E-state index contributed by atoms with van der Waals surface area (Å²) >= 11 is 1.23. The lowest BCUT2D eigenvalue weighted by Crippen LogP contribution is -2.40. The molecule has 192 valence electrons. The first-order chi connectivity index (χ1) is 17.8. The number of rotatable bonds is 9. The number of thiazole rings is 1. The molecule has 10 heteroatoms. The fraction of sp³-hybridized carbons (Fsp3) is 0.259. The molecule has 37 heavy (non-hydrogen) atoms. The smallest absolute Gasteiger partial charge is 0.338 e. The van der Waals surface area contributed by atoms with Gasteiger partial charge in [0, 0.05) is 5.56 Å². The van der Waals surface area contributed by atoms with Crippen LogP contribution < -0.4 is 30.1 Å². The van der Waals surface area contributed by atoms with Crippen LogP contribution in [0.3, 0.4) is 0 Å². The Kier molecular flexibility index (Phi) is 7.88. The number of amides is 1. The third-order valence-electron chi connectivity index (χ3n) is 5.59. The summed E-state index contributed by atoms with van der Waals surface area (Å²) in [4.78, 5) is 42.8. The normalized spacial score (nSPS) is 15.1. The Hall–Kier alpha value is -4.18. The van der Waals surface area contributed by atoms with Crippen molar-refractivity contribution in [1.82, 2.24) is 4.57 Å². The molecule has 0 saturated carbocycles. The SMILES string of the molecule is CCOC(=O)C1=C(C)N=c2s/c(=C\c3ccc(OCC(N)=O)cc3)c(=O)n2[C@H]1c1ccccc1OCC. The summed E-state index contributed by atoms with van der Waals surface area (Å²) in [6.45, 7) is 5.75. The van der Waals surface area contributed by atoms with Gasteiger partial charge in [-0.2, -0.15) is 0 Å². The molecule has 0 bridgehead atoms. The number of hydrogen-bond acceptors (Lipinski definition) is 8. The van der Waals surface area contributed by atoms with Crippen molar-refractivity contribution in [2.24, 2.45) is 10.7 Å². The molecule has 1 aliphatic rings. The molecule has 0 fully saturated rings. The third-order valence-corrected chi connectivity index (χ3v) is 6.57. The molecule has 2 aromatic carbocycles. The van der Waals surface area contributed by atoms with Crippen molar-refractivity contribution >= 4 is 29.3 Å². The van der Waals surface area contributed by atoms with Crippen LogP contribution in [0.25, 0.3) is 6.08 Å². The highest BCUT2D eigenvalue weighted by Crippen LogP contribution is 2.35. The minimum absolute atomic E-state index is 0.193. The van der Waals surface area contributed by atoms with E-state index in [1.54, 1.807) is 44.2 Å². The Morgan fingerprint density at radius 2 is 1.81 bits per heavy atom. The largest absolute Gasteiger partial charge is 0.494 e. The van der Waals surface area contributed by atoms with E-state index in [0.29, 0.717) is 44.3 Å². The molecule has 1 atom stereocenters. The first kappa shape index (κ1) is 25.9. The van der Waals surface area contributed by atoms with Crippen molar-refractivity contribution in [3.63, 3.8) is 0 Å². The van der Waals surface area contributed by atoms with Crippen molar-refractivity contribution in [2.45, 2.75) is 26.8 Å². The van der Waals surface area contributed by atoms with Gasteiger partial charge in [-0.3, -0.25) is 14.2 Å². The second kappa shape index (κ2) is 11.3. The number of carbonyl (C=O) groups excluding carboxylic acids is 2. The van der Waals surface area contributed by atoms with Gasteiger partial charge < -0.3 is 19.9 Å². The summed E-state index contributed by atoms with van der Waals surface area (Å²) in [5.41, 5.74) is 7.03. The average molecular weight is 522 g/mol. The zero-order valence-electron chi connectivity index (χ0n) is 20.7. The van der Waals surface area contributed by atoms with E-state index in [1.807, 2.05) is 31.2 Å². The van der Waals surface area contributed by atoms with Crippen LogP contribution >= 0.6 is 11.3 Å². The van der Waals surface area contributed by atoms with E-state index < -0.39 is 17.9 Å². The lowest BCUT2D eigenvalue weighted by Gasteiger charge is -2.26. The van der Waals surface area contributed by atoms with E-state index in [4.69, 9.17) is 19.9 Å². The fourth-order valence-corrected chi connectivity index (χ4v) is 5.09. The molecule has 0 aliphatic carbocycles. The monoisotopic (exact) mass is 521 g/mol. The quantitative estimate of drug-likeness (QED) is 0.430. The summed E-state index contributed by atoms with van der Waals surface area (Å²) in [5.74, 6) is -0.0312. The molecular formula is C27H27N3O6S. The van der Waals surface area contributed by atoms with Crippen molar-refractivity contribution in [3.8, 4) is 11.5 Å². The van der Waals surface area contributed by atoms with E-state index >= 15 is 0 Å². The molecular weight excluding hydrogens is 494 g/mol. The zero-order chi connectivity index (χ0) is 26.5. The van der Waals surface area contributed by atoms with Crippen molar-refractivity contribution in [3.05, 3.63) is 90.6 Å². The maximum Gasteiger partial charge on any atom is 0.338 e. The standard InChI is InChI=1S/C27H27N3O6S/c1-4-34-20-9-7-6-8-19(20)24-23(26(33)35-5-2)16(3)29-27-30(24)25(32)21(37-27)14-17-10-12-18(13-11-17)36-15-22(28)31/h6-14,24H,4-5,15H2,1-3H3,(H2,28,31)/b21-14-/t24-/m0/s1. The molecule has 4 rings (SSSR count). The number of esters is 1. The minimum Gasteiger partial charge on any atom is -0.494 e. The molecule has 9 nitrogen and oxygen atoms in total. The van der Waals surface area contributed by atoms with Crippen LogP contribution in [0.2, 0.25) is 0 Å². The Bertz CT molecular complexity index is 1540. The number of primary amides is 1. The third kappa shape index (κ3) is 5.49. The number of ether oxygens (including phenoxy) is 3. The lowest BCUT2D eigenvalue weighted by molar-refractivity contribution is -0.139. The Balaban J connectivity index is 1.85. The maximum absolute atomic E-state index is 13.7. The van der Waals surface area contributed by atoms with Crippen LogP contribution in [0.15, 0.2) is 69.6 Å². The summed E-state index contributed by atoms with van der Waals surface area (Å²) in [6.07, 6.45) is 1.75. The van der Waals surface area contributed by atoms with Gasteiger partial charge in [0.15, 0.2) is 11.4 Å². The second-order valence-corrected chi connectivity index (χ2v) is 9.11. The average Bonchev–Trinajstić information content (AvgIpc) is 3.17. The molecule has 0 saturated heterocycles. The van der Waals surface area contributed by atoms with E-state index in [1.165, 1.54) is 15.9 Å². The van der Waals surface area contributed by atoms with Gasteiger partial charge in [0.2, 0.25) is 0 Å². The molecule has 0 unspecified atom stereocenters. The highest BCUT2D eigenvalue weighted by molar-refractivity contribution is 7.07. The summed E-state index contributed by atoms with van der Waals surface area (Å²) in [6, 6.07) is 13.5. The van der Waals surface area contributed by atoms with Crippen molar-refractivity contribution in [1.29, 1.82) is 0 Å². The Morgan fingerprint density at radius 1 is 1.08 bits per heavy atom. The highest BCUT2D eigenvalue weighted by atomic mass is 32.1. The highest BCUT2D eigenvalue weighted by Gasteiger charge is 2.35. The van der Waals surface area contributed by atoms with Crippen molar-refractivity contribution in [2.75, 3.05) is 19.8 Å². The molecule has 1 aliphatic heterocycles. The number of nitrogens with two attached hydrogens (primary N) is 1. The number of benzene rings is 2. The van der Waals surface area contributed by atoms with Crippen LogP contribution in [0.1, 0.15) is 37.9 Å². The van der Waals surface area contributed by atoms with Gasteiger partial charge in [0.1, 0.15) is 17.5 Å². The van der Waals surface area contributed by atoms with Gasteiger partial charge in [0.25, 0.3) is 11.5 Å². The fourth-order valence-electron chi connectivity index (χ4n) is 4.05. The van der Waals surface area contributed by atoms with Crippen LogP contribution in [0, 0.1) is 0 Å². The van der Waals surface area contributed by atoms with Crippen LogP contribution in [-0.4, -0.2) is 36.3 Å². The number of para-hydroxylation sites is 1. The van der Waals surface area contributed by atoms with Gasteiger partial charge in [-0.1, -0.05) is 41.7 Å². The lowest BCUT2D eigenvalue weighted by atomic mass is 9.95. The maximum atomic E-state index is 13.7. The number of allylic oxidation sites excluding steroid dienone is 1. The van der Waals surface area contributed by atoms with E-state index in [0.717, 1.165) is 5.56 Å². The van der Waals surface area contributed by atoms with E-state index in [2.05, 4.69) is 4.99 Å². The molecule has 0 spiro atoms. The van der Waals surface area contributed by atoms with Gasteiger partial charge in [-0.15, -0.1) is 0 Å². The molecule has 0 radical (unpaired) electrons. The van der Waals surface area contributed by atoms with E-state index in [9.17, 15) is 14.4 Å². The van der Waals surface area contributed by atoms with Crippen LogP contribution in [-0.2, 0) is 14.3 Å². The summed E-state index contributed by atoms with van der Waals surface area (Å²) < 4.78 is 18.5. The summed E-state index contributed by atoms with van der Waals surface area (Å²) in [7, 11) is 0. The number of nitrogens with zero attached hydrogens (tertiary/aromatic N) is 2. The first-order valence-electron chi connectivity index (χ1n) is 11.8. The van der Waals surface area contributed by atoms with E-state index in [-0.39, 0.29) is 18.8 Å². The number of carbonyl (C=O) groups is 2. The number of aromatic nitrogens is 1. The van der Waals surface area contributed by atoms with Crippen LogP contribution in [0.4, 0.5) is 0 Å².